The first-order chi connectivity index (χ1) is 9.60. The van der Waals surface area contributed by atoms with Gasteiger partial charge in [0.2, 0.25) is 0 Å². The molecule has 20 heavy (non-hydrogen) atoms. The summed E-state index contributed by atoms with van der Waals surface area (Å²) < 4.78 is 0. The van der Waals surface area contributed by atoms with Crippen molar-refractivity contribution in [1.82, 2.24) is 5.32 Å². The Morgan fingerprint density at radius 1 is 1.55 bits per heavy atom. The molecule has 0 radical (unpaired) electrons. The number of nitrogens with two attached hydrogens (primary N) is 1. The third kappa shape index (κ3) is 3.62. The van der Waals surface area contributed by atoms with Crippen LogP contribution in [-0.4, -0.2) is 19.0 Å². The van der Waals surface area contributed by atoms with Crippen molar-refractivity contribution in [2.24, 2.45) is 11.1 Å². The lowest BCUT2D eigenvalue weighted by Crippen LogP contribution is -2.29. The van der Waals surface area contributed by atoms with Gasteiger partial charge in [0.05, 0.1) is 16.3 Å². The second kappa shape index (κ2) is 6.43. The lowest BCUT2D eigenvalue weighted by molar-refractivity contribution is 0.0948. The molecule has 2 rings (SSSR count). The molecule has 3 nitrogen and oxygen atoms in total. The molecule has 0 spiro atoms. The molecule has 0 atom stereocenters. The Morgan fingerprint density at radius 3 is 2.90 bits per heavy atom. The average molecular weight is 290 g/mol. The second-order valence-electron chi connectivity index (χ2n) is 5.56. The molecule has 1 aliphatic rings. The van der Waals surface area contributed by atoms with Crippen molar-refractivity contribution in [3.05, 3.63) is 21.4 Å². The van der Waals surface area contributed by atoms with Crippen LogP contribution in [-0.2, 0) is 0 Å². The van der Waals surface area contributed by atoms with E-state index in [-0.39, 0.29) is 5.91 Å². The molecule has 1 saturated carbocycles. The van der Waals surface area contributed by atoms with E-state index in [9.17, 15) is 4.79 Å². The molecule has 3 N–H and O–H groups in total. The Kier molecular flexibility index (Phi) is 4.85. The topological polar surface area (TPSA) is 55.1 Å². The first-order valence-electron chi connectivity index (χ1n) is 7.18. The van der Waals surface area contributed by atoms with Crippen LogP contribution in [0.5, 0.6) is 0 Å². The number of hydrogen-bond donors (Lipinski definition) is 2. The molecular formula is C16H22N2OS. The van der Waals surface area contributed by atoms with Gasteiger partial charge in [0, 0.05) is 6.54 Å². The Bertz CT molecular complexity index is 547. The van der Waals surface area contributed by atoms with Crippen LogP contribution >= 0.6 is 11.3 Å². The number of amides is 1. The average Bonchev–Trinajstić information content (AvgIpc) is 3.10. The zero-order chi connectivity index (χ0) is 14.6. The fourth-order valence-corrected chi connectivity index (χ4v) is 3.39. The minimum absolute atomic E-state index is 0.0290. The zero-order valence-corrected chi connectivity index (χ0v) is 13.0. The normalized spacial score (nSPS) is 15.3. The van der Waals surface area contributed by atoms with Gasteiger partial charge in [0.15, 0.2) is 0 Å². The maximum absolute atomic E-state index is 12.2. The number of nitrogens with one attached hydrogen (secondary N) is 1. The van der Waals surface area contributed by atoms with Crippen molar-refractivity contribution in [2.75, 3.05) is 13.1 Å². The molecule has 0 unspecified atom stereocenters. The summed E-state index contributed by atoms with van der Waals surface area (Å²) >= 11 is 1.45. The van der Waals surface area contributed by atoms with Crippen LogP contribution in [0.1, 0.15) is 52.7 Å². The monoisotopic (exact) mass is 290 g/mol. The Balaban J connectivity index is 1.96. The van der Waals surface area contributed by atoms with Gasteiger partial charge in [-0.15, -0.1) is 11.3 Å². The van der Waals surface area contributed by atoms with E-state index in [0.717, 1.165) is 21.9 Å². The number of hydrogen-bond acceptors (Lipinski definition) is 3. The van der Waals surface area contributed by atoms with E-state index in [2.05, 4.69) is 24.1 Å². The zero-order valence-electron chi connectivity index (χ0n) is 12.2. The van der Waals surface area contributed by atoms with E-state index in [4.69, 9.17) is 5.73 Å². The third-order valence-electron chi connectivity index (χ3n) is 3.81. The van der Waals surface area contributed by atoms with E-state index in [0.29, 0.717) is 12.0 Å². The first kappa shape index (κ1) is 15.1. The Morgan fingerprint density at radius 2 is 2.30 bits per heavy atom. The van der Waals surface area contributed by atoms with Gasteiger partial charge >= 0.3 is 0 Å². The summed E-state index contributed by atoms with van der Waals surface area (Å²) in [5, 5.41) is 3.08. The molecule has 108 valence electrons. The minimum Gasteiger partial charge on any atom is -0.351 e. The summed E-state index contributed by atoms with van der Waals surface area (Å²) in [6, 6.07) is 1.92. The number of carbonyl (C=O) groups is 1. The van der Waals surface area contributed by atoms with Crippen molar-refractivity contribution >= 4 is 17.2 Å². The van der Waals surface area contributed by atoms with Crippen LogP contribution in [0.4, 0.5) is 0 Å². The highest BCUT2D eigenvalue weighted by molar-refractivity contribution is 7.14. The van der Waals surface area contributed by atoms with Crippen LogP contribution in [0.3, 0.4) is 0 Å². The van der Waals surface area contributed by atoms with Crippen LogP contribution < -0.4 is 11.1 Å². The van der Waals surface area contributed by atoms with E-state index in [1.54, 1.807) is 0 Å². The Hall–Kier alpha value is -1.31. The maximum Gasteiger partial charge on any atom is 0.261 e. The lowest BCUT2D eigenvalue weighted by atomic mass is 10.0. The van der Waals surface area contributed by atoms with E-state index in [1.165, 1.54) is 37.0 Å². The van der Waals surface area contributed by atoms with Crippen molar-refractivity contribution in [2.45, 2.75) is 39.5 Å². The van der Waals surface area contributed by atoms with Crippen molar-refractivity contribution in [1.29, 1.82) is 0 Å². The molecule has 1 heterocycles. The van der Waals surface area contributed by atoms with Gasteiger partial charge in [-0.25, -0.2) is 0 Å². The molecule has 0 bridgehead atoms. The Labute approximate surface area is 124 Å². The van der Waals surface area contributed by atoms with Gasteiger partial charge in [-0.3, -0.25) is 4.79 Å². The number of aryl methyl sites for hydroxylation is 1. The molecule has 1 aliphatic carbocycles. The summed E-state index contributed by atoms with van der Waals surface area (Å²) in [6.07, 6.45) is 4.90. The van der Waals surface area contributed by atoms with Crippen molar-refractivity contribution < 1.29 is 4.79 Å². The largest absolute Gasteiger partial charge is 0.351 e. The van der Waals surface area contributed by atoms with Gasteiger partial charge < -0.3 is 11.1 Å². The molecule has 0 saturated heterocycles. The fraction of sp³-hybridized carbons (Fsp3) is 0.562. The summed E-state index contributed by atoms with van der Waals surface area (Å²) in [7, 11) is 0. The predicted molar refractivity (Wildman–Crippen MR) is 83.9 cm³/mol. The summed E-state index contributed by atoms with van der Waals surface area (Å²) in [5.41, 5.74) is 6.82. The first-order valence-corrected chi connectivity index (χ1v) is 7.99. The van der Waals surface area contributed by atoms with E-state index >= 15 is 0 Å². The summed E-state index contributed by atoms with van der Waals surface area (Å²) in [4.78, 5) is 13.9. The molecule has 0 aromatic carbocycles. The third-order valence-corrected chi connectivity index (χ3v) is 4.96. The summed E-state index contributed by atoms with van der Waals surface area (Å²) in [5.74, 6) is 5.88. The van der Waals surface area contributed by atoms with Gasteiger partial charge in [0.1, 0.15) is 0 Å². The van der Waals surface area contributed by atoms with Crippen molar-refractivity contribution in [3.63, 3.8) is 0 Å². The molecule has 4 heteroatoms. The summed E-state index contributed by atoms with van der Waals surface area (Å²) in [6.45, 7) is 5.33. The number of rotatable bonds is 5. The van der Waals surface area contributed by atoms with Crippen LogP contribution in [0.25, 0.3) is 0 Å². The second-order valence-corrected chi connectivity index (χ2v) is 6.61. The molecule has 1 aromatic heterocycles. The lowest BCUT2D eigenvalue weighted by Gasteiger charge is -2.14. The van der Waals surface area contributed by atoms with Gasteiger partial charge in [0.25, 0.3) is 5.91 Å². The molecular weight excluding hydrogens is 268 g/mol. The van der Waals surface area contributed by atoms with Crippen LogP contribution in [0, 0.1) is 24.2 Å². The van der Waals surface area contributed by atoms with Crippen LogP contribution in [0.15, 0.2) is 6.07 Å². The van der Waals surface area contributed by atoms with Gasteiger partial charge in [-0.1, -0.05) is 25.2 Å². The van der Waals surface area contributed by atoms with Crippen molar-refractivity contribution in [3.8, 4) is 11.8 Å². The highest BCUT2D eigenvalue weighted by Gasteiger charge is 2.41. The quantitative estimate of drug-likeness (QED) is 0.819. The van der Waals surface area contributed by atoms with E-state index in [1.807, 2.05) is 13.0 Å². The highest BCUT2D eigenvalue weighted by Crippen LogP contribution is 2.48. The fourth-order valence-electron chi connectivity index (χ4n) is 2.43. The smallest absolute Gasteiger partial charge is 0.261 e. The molecule has 1 fully saturated rings. The standard InChI is InChI=1S/C16H22N2OS/c1-3-6-16(7-8-16)11-18-15(19)14-10-12(2)13(20-14)5-4-9-17/h10H,3,6-9,11,17H2,1-2H3,(H,18,19). The minimum atomic E-state index is 0.0290. The number of carbonyl (C=O) groups excluding carboxylic acids is 1. The number of thiophene rings is 1. The molecule has 1 aromatic rings. The SMILES string of the molecule is CCCC1(CNC(=O)c2cc(C)c(C#CCN)s2)CC1. The van der Waals surface area contributed by atoms with Crippen LogP contribution in [0.2, 0.25) is 0 Å². The maximum atomic E-state index is 12.2. The highest BCUT2D eigenvalue weighted by atomic mass is 32.1. The molecule has 1 amide bonds. The molecule has 0 aliphatic heterocycles. The van der Waals surface area contributed by atoms with Gasteiger partial charge in [-0.05, 0) is 43.2 Å². The predicted octanol–water partition coefficient (Wildman–Crippen LogP) is 2.68. The van der Waals surface area contributed by atoms with E-state index < -0.39 is 0 Å². The van der Waals surface area contributed by atoms with Gasteiger partial charge in [-0.2, -0.15) is 0 Å².